The molecule has 2 aliphatic rings. The third kappa shape index (κ3) is 4.35. The molecule has 0 saturated carbocycles. The van der Waals surface area contributed by atoms with Gasteiger partial charge in [0.05, 0.1) is 33.7 Å². The molecule has 2 aliphatic heterocycles. The first-order chi connectivity index (χ1) is 15.5. The highest BCUT2D eigenvalue weighted by Crippen LogP contribution is 2.40. The SMILES string of the molecule is [2H]C([2H])(CN1CC([2H])([2H])N(C2=Nc3ccccc3Sc3ccccc32)C([2H])([2H])C1)OCCO. The van der Waals surface area contributed by atoms with Gasteiger partial charge < -0.3 is 14.7 Å². The van der Waals surface area contributed by atoms with Crippen molar-refractivity contribution >= 4 is 23.3 Å². The molecule has 0 aliphatic carbocycles. The summed E-state index contributed by atoms with van der Waals surface area (Å²) in [6, 6.07) is 14.9. The maximum atomic E-state index is 8.91. The largest absolute Gasteiger partial charge is 0.394 e. The van der Waals surface area contributed by atoms with Gasteiger partial charge in [-0.2, -0.15) is 0 Å². The van der Waals surface area contributed by atoms with Crippen molar-refractivity contribution in [3.05, 3.63) is 54.1 Å². The Labute approximate surface area is 173 Å². The first kappa shape index (κ1) is 12.6. The van der Waals surface area contributed by atoms with Crippen LogP contribution in [-0.4, -0.2) is 73.1 Å². The molecule has 0 radical (unpaired) electrons. The van der Waals surface area contributed by atoms with Gasteiger partial charge in [0.1, 0.15) is 5.84 Å². The lowest BCUT2D eigenvalue weighted by Gasteiger charge is -2.36. The number of amidine groups is 1. The van der Waals surface area contributed by atoms with Crippen molar-refractivity contribution in [1.82, 2.24) is 9.80 Å². The lowest BCUT2D eigenvalue weighted by atomic mass is 10.1. The lowest BCUT2D eigenvalue weighted by molar-refractivity contribution is 0.0652. The van der Waals surface area contributed by atoms with Crippen LogP contribution >= 0.6 is 11.8 Å². The molecule has 2 aromatic carbocycles. The second-order valence-corrected chi connectivity index (χ2v) is 7.10. The molecule has 6 heteroatoms. The Hall–Kier alpha value is -1.86. The molecule has 0 atom stereocenters. The molecule has 0 aromatic heterocycles. The van der Waals surface area contributed by atoms with E-state index in [9.17, 15) is 0 Å². The number of aliphatic hydroxyl groups excluding tert-OH is 1. The Balaban J connectivity index is 1.72. The Morgan fingerprint density at radius 1 is 1.11 bits per heavy atom. The van der Waals surface area contributed by atoms with E-state index in [4.69, 9.17) is 23.1 Å². The number of para-hydroxylation sites is 1. The minimum Gasteiger partial charge on any atom is -0.394 e. The van der Waals surface area contributed by atoms with Crippen LogP contribution in [0.15, 0.2) is 63.3 Å². The van der Waals surface area contributed by atoms with Crippen molar-refractivity contribution in [2.75, 3.05) is 52.4 Å². The fourth-order valence-electron chi connectivity index (χ4n) is 2.81. The third-order valence-corrected chi connectivity index (χ3v) is 5.28. The van der Waals surface area contributed by atoms with Gasteiger partial charge in [-0.05, 0) is 18.2 Å². The summed E-state index contributed by atoms with van der Waals surface area (Å²) in [5, 5.41) is 8.91. The smallest absolute Gasteiger partial charge is 0.137 e. The summed E-state index contributed by atoms with van der Waals surface area (Å²) in [4.78, 5) is 8.94. The minimum absolute atomic E-state index is 0.197. The van der Waals surface area contributed by atoms with Gasteiger partial charge in [0, 0.05) is 48.0 Å². The molecule has 0 bridgehead atoms. The number of fused-ring (bicyclic) bond motifs is 2. The van der Waals surface area contributed by atoms with Crippen LogP contribution < -0.4 is 0 Å². The molecule has 0 spiro atoms. The first-order valence-corrected chi connectivity index (χ1v) is 9.57. The molecular weight excluding hydrogens is 358 g/mol. The van der Waals surface area contributed by atoms with Gasteiger partial charge in [-0.25, -0.2) is 4.99 Å². The van der Waals surface area contributed by atoms with Crippen molar-refractivity contribution in [2.45, 2.75) is 9.79 Å². The van der Waals surface area contributed by atoms with E-state index in [2.05, 4.69) is 0 Å². The highest BCUT2D eigenvalue weighted by Gasteiger charge is 2.24. The van der Waals surface area contributed by atoms with Crippen molar-refractivity contribution in [2.24, 2.45) is 4.99 Å². The Morgan fingerprint density at radius 2 is 1.85 bits per heavy atom. The van der Waals surface area contributed by atoms with Crippen LogP contribution in [-0.2, 0) is 4.74 Å². The topological polar surface area (TPSA) is 48.3 Å². The van der Waals surface area contributed by atoms with Crippen LogP contribution in [0.1, 0.15) is 13.8 Å². The highest BCUT2D eigenvalue weighted by molar-refractivity contribution is 7.99. The van der Waals surface area contributed by atoms with Gasteiger partial charge >= 0.3 is 0 Å². The molecular formula is C21H25N3O2S. The lowest BCUT2D eigenvalue weighted by Crippen LogP contribution is -2.49. The highest BCUT2D eigenvalue weighted by atomic mass is 32.2. The quantitative estimate of drug-likeness (QED) is 0.852. The molecule has 142 valence electrons. The number of rotatable bonds is 5. The number of hydrogen-bond acceptors (Lipinski definition) is 6. The van der Waals surface area contributed by atoms with E-state index >= 15 is 0 Å². The standard InChI is InChI=1S/C21H25N3O2S/c25-14-16-26-15-13-23-9-11-24(12-10-23)21-17-5-1-3-7-19(17)27-20-8-4-2-6-18(20)22-21/h1-8,25H,9-16H2/i11D2,12D2,15D2. The zero-order valence-corrected chi connectivity index (χ0v) is 15.6. The van der Waals surface area contributed by atoms with E-state index in [0.717, 1.165) is 14.7 Å². The number of hydrogen-bond donors (Lipinski definition) is 1. The van der Waals surface area contributed by atoms with Gasteiger partial charge in [0.15, 0.2) is 0 Å². The van der Waals surface area contributed by atoms with E-state index in [1.54, 1.807) is 0 Å². The Bertz CT molecular complexity index is 1030. The average Bonchev–Trinajstić information content (AvgIpc) is 2.87. The minimum atomic E-state index is -2.19. The van der Waals surface area contributed by atoms with Gasteiger partial charge in [-0.15, -0.1) is 0 Å². The summed E-state index contributed by atoms with van der Waals surface area (Å²) in [7, 11) is 0. The fourth-order valence-corrected chi connectivity index (χ4v) is 3.83. The number of nitrogens with zero attached hydrogens (tertiary/aromatic N) is 3. The molecule has 1 N–H and O–H groups in total. The van der Waals surface area contributed by atoms with E-state index in [0.29, 0.717) is 11.3 Å². The third-order valence-electron chi connectivity index (χ3n) is 4.14. The first-order valence-electron chi connectivity index (χ1n) is 11.7. The van der Waals surface area contributed by atoms with Gasteiger partial charge in [-0.3, -0.25) is 4.90 Å². The second kappa shape index (κ2) is 8.89. The monoisotopic (exact) mass is 389 g/mol. The summed E-state index contributed by atoms with van der Waals surface area (Å²) < 4.78 is 56.1. The number of benzene rings is 2. The van der Waals surface area contributed by atoms with E-state index < -0.39 is 19.6 Å². The molecule has 4 rings (SSSR count). The van der Waals surface area contributed by atoms with Crippen LogP contribution in [0.3, 0.4) is 0 Å². The number of aliphatic hydroxyl groups is 1. The van der Waals surface area contributed by atoms with E-state index in [1.165, 1.54) is 16.7 Å². The maximum Gasteiger partial charge on any atom is 0.137 e. The van der Waals surface area contributed by atoms with Crippen molar-refractivity contribution < 1.29 is 18.1 Å². The molecule has 0 amide bonds. The molecule has 1 fully saturated rings. The summed E-state index contributed by atoms with van der Waals surface area (Å²) in [6.07, 6.45) is 0. The molecule has 27 heavy (non-hydrogen) atoms. The van der Waals surface area contributed by atoms with Gasteiger partial charge in [0.2, 0.25) is 0 Å². The summed E-state index contributed by atoms with van der Waals surface area (Å²) in [5.74, 6) is 0.206. The Kier molecular flexibility index (Phi) is 4.14. The molecule has 2 heterocycles. The zero-order valence-electron chi connectivity index (χ0n) is 20.8. The van der Waals surface area contributed by atoms with Crippen molar-refractivity contribution in [3.63, 3.8) is 0 Å². The molecule has 0 unspecified atom stereocenters. The summed E-state index contributed by atoms with van der Waals surface area (Å²) >= 11 is 1.50. The normalized spacial score (nSPS) is 24.6. The maximum absolute atomic E-state index is 8.91. The van der Waals surface area contributed by atoms with E-state index in [1.807, 2.05) is 48.5 Å². The zero-order chi connectivity index (χ0) is 23.9. The predicted octanol–water partition coefficient (Wildman–Crippen LogP) is 2.86. The summed E-state index contributed by atoms with van der Waals surface area (Å²) in [6.45, 7) is -7.89. The number of ether oxygens (including phenoxy) is 1. The van der Waals surface area contributed by atoms with Crippen LogP contribution in [0.25, 0.3) is 0 Å². The molecule has 2 aromatic rings. The predicted molar refractivity (Wildman–Crippen MR) is 109 cm³/mol. The van der Waals surface area contributed by atoms with Crippen LogP contribution in [0.5, 0.6) is 0 Å². The van der Waals surface area contributed by atoms with Gasteiger partial charge in [0.25, 0.3) is 0 Å². The van der Waals surface area contributed by atoms with E-state index in [-0.39, 0.29) is 38.7 Å². The van der Waals surface area contributed by atoms with Crippen LogP contribution in [0, 0.1) is 0 Å². The van der Waals surface area contributed by atoms with Gasteiger partial charge in [-0.1, -0.05) is 42.1 Å². The number of aliphatic imine (C=N–C) groups is 1. The fraction of sp³-hybridized carbons (Fsp3) is 0.381. The molecule has 5 nitrogen and oxygen atoms in total. The summed E-state index contributed by atoms with van der Waals surface area (Å²) in [5.41, 5.74) is 1.28. The van der Waals surface area contributed by atoms with Crippen LogP contribution in [0.4, 0.5) is 5.69 Å². The van der Waals surface area contributed by atoms with Crippen LogP contribution in [0.2, 0.25) is 0 Å². The molecule has 1 saturated heterocycles. The van der Waals surface area contributed by atoms with Crippen molar-refractivity contribution in [1.29, 1.82) is 0 Å². The number of piperazine rings is 1. The Morgan fingerprint density at radius 3 is 2.67 bits per heavy atom. The average molecular weight is 390 g/mol. The van der Waals surface area contributed by atoms with Crippen molar-refractivity contribution in [3.8, 4) is 0 Å². The second-order valence-electron chi connectivity index (χ2n) is 6.01.